The zero-order chi connectivity index (χ0) is 15.7. The highest BCUT2D eigenvalue weighted by Crippen LogP contribution is 2.20. The summed E-state index contributed by atoms with van der Waals surface area (Å²) in [4.78, 5) is 2.03. The van der Waals surface area contributed by atoms with Gasteiger partial charge >= 0.3 is 0 Å². The van der Waals surface area contributed by atoms with Crippen molar-refractivity contribution < 1.29 is 0 Å². The molecular weight excluding hydrogens is 254 g/mol. The van der Waals surface area contributed by atoms with E-state index in [0.29, 0.717) is 0 Å². The summed E-state index contributed by atoms with van der Waals surface area (Å²) in [7, 11) is 2.01. The van der Waals surface area contributed by atoms with Gasteiger partial charge in [-0.1, -0.05) is 67.3 Å². The van der Waals surface area contributed by atoms with Gasteiger partial charge in [0.1, 0.15) is 0 Å². The van der Waals surface area contributed by atoms with Gasteiger partial charge in [0, 0.05) is 18.9 Å². The maximum atomic E-state index is 4.12. The molecule has 1 nitrogen and oxygen atoms in total. The minimum absolute atomic E-state index is 0.960. The Morgan fingerprint density at radius 2 is 2.00 bits per heavy atom. The topological polar surface area (TPSA) is 3.24 Å². The SMILES string of the molecule is C=C(/C=C\N(C)C(=C)C1=CC=CC1)/C=C/C(C)=C/C=C\C. The lowest BCUT2D eigenvalue weighted by Crippen LogP contribution is -2.10. The van der Waals surface area contributed by atoms with Crippen molar-refractivity contribution >= 4 is 0 Å². The van der Waals surface area contributed by atoms with Gasteiger partial charge in [0.15, 0.2) is 0 Å². The molecule has 0 aromatic carbocycles. The number of rotatable bonds is 7. The van der Waals surface area contributed by atoms with Gasteiger partial charge in [0.05, 0.1) is 0 Å². The first kappa shape index (κ1) is 16.8. The van der Waals surface area contributed by atoms with Crippen LogP contribution in [-0.2, 0) is 0 Å². The van der Waals surface area contributed by atoms with E-state index in [1.165, 1.54) is 11.1 Å². The third-order valence-electron chi connectivity index (χ3n) is 3.19. The highest BCUT2D eigenvalue weighted by molar-refractivity contribution is 5.39. The van der Waals surface area contributed by atoms with Crippen LogP contribution in [0.25, 0.3) is 0 Å². The number of hydrogen-bond donors (Lipinski definition) is 0. The van der Waals surface area contributed by atoms with Crippen LogP contribution in [0.2, 0.25) is 0 Å². The average molecular weight is 279 g/mol. The van der Waals surface area contributed by atoms with E-state index in [1.54, 1.807) is 0 Å². The van der Waals surface area contributed by atoms with Gasteiger partial charge in [0.2, 0.25) is 0 Å². The summed E-state index contributed by atoms with van der Waals surface area (Å²) in [6, 6.07) is 0. The Kier molecular flexibility index (Phi) is 7.03. The molecule has 0 unspecified atom stereocenters. The largest absolute Gasteiger partial charge is 0.351 e. The molecule has 0 fully saturated rings. The standard InChI is InChI=1S/C20H25N/c1-6-7-10-17(2)13-14-18(3)15-16-21(5)19(4)20-11-8-9-12-20/h6-11,13-16H,3-4,12H2,1-2,5H3/b7-6-,14-13+,16-15-,17-10+. The quantitative estimate of drug-likeness (QED) is 0.559. The van der Waals surface area contributed by atoms with E-state index in [2.05, 4.69) is 50.5 Å². The van der Waals surface area contributed by atoms with Gasteiger partial charge < -0.3 is 4.90 Å². The van der Waals surface area contributed by atoms with Crippen molar-refractivity contribution in [2.24, 2.45) is 0 Å². The summed E-state index contributed by atoms with van der Waals surface area (Å²) in [6.45, 7) is 12.2. The Bertz CT molecular complexity index is 563. The van der Waals surface area contributed by atoms with Crippen molar-refractivity contribution in [3.8, 4) is 0 Å². The molecule has 0 aliphatic heterocycles. The maximum absolute atomic E-state index is 4.12. The van der Waals surface area contributed by atoms with E-state index in [4.69, 9.17) is 0 Å². The van der Waals surface area contributed by atoms with Gasteiger partial charge in [0.25, 0.3) is 0 Å². The maximum Gasteiger partial charge on any atom is 0.0366 e. The number of likely N-dealkylation sites (N-methyl/N-ethyl adjacent to an activating group) is 1. The molecule has 0 atom stereocenters. The lowest BCUT2D eigenvalue weighted by Gasteiger charge is -2.18. The molecule has 0 saturated heterocycles. The molecule has 1 aliphatic rings. The molecule has 0 saturated carbocycles. The predicted octanol–water partition coefficient (Wildman–Crippen LogP) is 5.47. The van der Waals surface area contributed by atoms with Crippen LogP contribution in [0.3, 0.4) is 0 Å². The lowest BCUT2D eigenvalue weighted by molar-refractivity contribution is 0.579. The Morgan fingerprint density at radius 1 is 1.24 bits per heavy atom. The molecule has 0 N–H and O–H groups in total. The smallest absolute Gasteiger partial charge is 0.0366 e. The van der Waals surface area contributed by atoms with Crippen LogP contribution >= 0.6 is 0 Å². The second kappa shape index (κ2) is 8.80. The van der Waals surface area contributed by atoms with E-state index >= 15 is 0 Å². The predicted molar refractivity (Wildman–Crippen MR) is 94.7 cm³/mol. The summed E-state index contributed by atoms with van der Waals surface area (Å²) in [5.41, 5.74) is 4.44. The van der Waals surface area contributed by atoms with Gasteiger partial charge in [-0.2, -0.15) is 0 Å². The minimum Gasteiger partial charge on any atom is -0.351 e. The summed E-state index contributed by atoms with van der Waals surface area (Å²) >= 11 is 0. The zero-order valence-electron chi connectivity index (χ0n) is 13.3. The zero-order valence-corrected chi connectivity index (χ0v) is 13.3. The molecule has 0 radical (unpaired) electrons. The van der Waals surface area contributed by atoms with Crippen LogP contribution in [0.1, 0.15) is 20.3 Å². The van der Waals surface area contributed by atoms with E-state index in [-0.39, 0.29) is 0 Å². The molecular formula is C20H25N. The van der Waals surface area contributed by atoms with Crippen molar-refractivity contribution in [2.75, 3.05) is 7.05 Å². The molecule has 0 spiro atoms. The fourth-order valence-electron chi connectivity index (χ4n) is 1.78. The highest BCUT2D eigenvalue weighted by atomic mass is 15.1. The summed E-state index contributed by atoms with van der Waals surface area (Å²) in [5.74, 6) is 0. The monoisotopic (exact) mass is 279 g/mol. The normalized spacial score (nSPS) is 15.4. The summed E-state index contributed by atoms with van der Waals surface area (Å²) in [5, 5.41) is 0. The molecule has 1 aliphatic carbocycles. The molecule has 110 valence electrons. The van der Waals surface area contributed by atoms with Crippen LogP contribution in [0, 0.1) is 0 Å². The van der Waals surface area contributed by atoms with E-state index in [9.17, 15) is 0 Å². The molecule has 0 heterocycles. The minimum atomic E-state index is 0.960. The Labute approximate surface area is 129 Å². The van der Waals surface area contributed by atoms with E-state index in [0.717, 1.165) is 17.7 Å². The number of allylic oxidation sites excluding steroid dienone is 12. The van der Waals surface area contributed by atoms with Crippen LogP contribution in [0.5, 0.6) is 0 Å². The van der Waals surface area contributed by atoms with Crippen molar-refractivity contribution in [3.63, 3.8) is 0 Å². The lowest BCUT2D eigenvalue weighted by atomic mass is 10.1. The number of hydrogen-bond acceptors (Lipinski definition) is 1. The van der Waals surface area contributed by atoms with E-state index in [1.807, 2.05) is 49.4 Å². The Balaban J connectivity index is 2.53. The highest BCUT2D eigenvalue weighted by Gasteiger charge is 2.06. The van der Waals surface area contributed by atoms with Crippen LogP contribution in [0.15, 0.2) is 96.5 Å². The summed E-state index contributed by atoms with van der Waals surface area (Å²) in [6.07, 6.45) is 21.5. The van der Waals surface area contributed by atoms with Crippen molar-refractivity contribution in [1.29, 1.82) is 0 Å². The average Bonchev–Trinajstić information content (AvgIpc) is 3.01. The van der Waals surface area contributed by atoms with Gasteiger partial charge in [-0.05, 0) is 37.5 Å². The fraction of sp³-hybridized carbons (Fsp3) is 0.200. The first-order chi connectivity index (χ1) is 10.0. The van der Waals surface area contributed by atoms with Crippen molar-refractivity contribution in [3.05, 3.63) is 96.5 Å². The van der Waals surface area contributed by atoms with Gasteiger partial charge in [-0.25, -0.2) is 0 Å². The molecule has 21 heavy (non-hydrogen) atoms. The molecule has 0 aromatic heterocycles. The van der Waals surface area contributed by atoms with E-state index < -0.39 is 0 Å². The fourth-order valence-corrected chi connectivity index (χ4v) is 1.78. The molecule has 1 rings (SSSR count). The second-order valence-corrected chi connectivity index (χ2v) is 5.04. The second-order valence-electron chi connectivity index (χ2n) is 5.04. The number of nitrogens with zero attached hydrogens (tertiary/aromatic N) is 1. The molecule has 1 heteroatoms. The van der Waals surface area contributed by atoms with Crippen molar-refractivity contribution in [2.45, 2.75) is 20.3 Å². The third kappa shape index (κ3) is 6.13. The molecule has 0 bridgehead atoms. The summed E-state index contributed by atoms with van der Waals surface area (Å²) < 4.78 is 0. The van der Waals surface area contributed by atoms with Crippen LogP contribution in [-0.4, -0.2) is 11.9 Å². The Morgan fingerprint density at radius 3 is 2.62 bits per heavy atom. The van der Waals surface area contributed by atoms with Gasteiger partial charge in [-0.3, -0.25) is 0 Å². The van der Waals surface area contributed by atoms with Gasteiger partial charge in [-0.15, -0.1) is 0 Å². The first-order valence-corrected chi connectivity index (χ1v) is 7.17. The molecule has 0 amide bonds. The van der Waals surface area contributed by atoms with Crippen molar-refractivity contribution in [1.82, 2.24) is 4.90 Å². The van der Waals surface area contributed by atoms with Crippen LogP contribution in [0.4, 0.5) is 0 Å². The van der Waals surface area contributed by atoms with Crippen LogP contribution < -0.4 is 0 Å². The Hall–Kier alpha value is -2.28. The third-order valence-corrected chi connectivity index (χ3v) is 3.19. The molecule has 0 aromatic rings. The first-order valence-electron chi connectivity index (χ1n) is 7.17.